The Labute approximate surface area is 109 Å². The molecule has 1 atom stereocenters. The number of β-amino-alcohol motifs (C(OH)–C–C–N with tert-alkyl or cyclic N) is 1. The topological polar surface area (TPSA) is 78.5 Å². The minimum Gasteiger partial charge on any atom is -0.389 e. The maximum Gasteiger partial charge on any atom is 0.277 e. The lowest BCUT2D eigenvalue weighted by molar-refractivity contribution is -0.0779. The first-order chi connectivity index (χ1) is 9.24. The van der Waals surface area contributed by atoms with E-state index in [4.69, 9.17) is 4.84 Å². The largest absolute Gasteiger partial charge is 0.389 e. The number of nitrogens with zero attached hydrogens (tertiary/aromatic N) is 2. The van der Waals surface area contributed by atoms with Crippen molar-refractivity contribution in [1.29, 1.82) is 0 Å². The molecule has 0 unspecified atom stereocenters. The SMILES string of the molecule is O=C(c1ccc(-c2ccn[nH]2)cc1)N1C[C@@H](O)CO1. The van der Waals surface area contributed by atoms with E-state index >= 15 is 0 Å². The van der Waals surface area contributed by atoms with E-state index in [1.54, 1.807) is 18.3 Å². The molecule has 1 aliphatic heterocycles. The van der Waals surface area contributed by atoms with Gasteiger partial charge in [0, 0.05) is 11.8 Å². The van der Waals surface area contributed by atoms with Gasteiger partial charge in [0.05, 0.1) is 12.2 Å². The number of aromatic nitrogens is 2. The Balaban J connectivity index is 1.77. The molecule has 1 amide bonds. The summed E-state index contributed by atoms with van der Waals surface area (Å²) < 4.78 is 0. The van der Waals surface area contributed by atoms with Gasteiger partial charge in [-0.2, -0.15) is 5.10 Å². The quantitative estimate of drug-likeness (QED) is 0.837. The first kappa shape index (κ1) is 11.9. The van der Waals surface area contributed by atoms with Gasteiger partial charge in [0.1, 0.15) is 12.7 Å². The second-order valence-electron chi connectivity index (χ2n) is 4.36. The number of aromatic amines is 1. The van der Waals surface area contributed by atoms with E-state index in [1.807, 2.05) is 18.2 Å². The lowest BCUT2D eigenvalue weighted by Gasteiger charge is -2.13. The molecule has 0 aliphatic carbocycles. The number of aliphatic hydroxyl groups is 1. The molecule has 0 spiro atoms. The number of rotatable bonds is 2. The summed E-state index contributed by atoms with van der Waals surface area (Å²) in [6, 6.07) is 9.00. The predicted molar refractivity (Wildman–Crippen MR) is 67.0 cm³/mol. The molecule has 98 valence electrons. The Bertz CT molecular complexity index is 565. The number of nitrogens with one attached hydrogen (secondary N) is 1. The van der Waals surface area contributed by atoms with Gasteiger partial charge in [0.25, 0.3) is 5.91 Å². The van der Waals surface area contributed by atoms with Gasteiger partial charge in [-0.05, 0) is 23.8 Å². The van der Waals surface area contributed by atoms with Gasteiger partial charge >= 0.3 is 0 Å². The van der Waals surface area contributed by atoms with Gasteiger partial charge < -0.3 is 5.11 Å². The van der Waals surface area contributed by atoms with E-state index in [-0.39, 0.29) is 19.1 Å². The number of benzene rings is 1. The van der Waals surface area contributed by atoms with Gasteiger partial charge in [-0.25, -0.2) is 5.06 Å². The smallest absolute Gasteiger partial charge is 0.277 e. The van der Waals surface area contributed by atoms with Crippen LogP contribution in [0.25, 0.3) is 11.3 Å². The number of H-pyrrole nitrogens is 1. The van der Waals surface area contributed by atoms with Gasteiger partial charge in [-0.1, -0.05) is 12.1 Å². The molecule has 0 bridgehead atoms. The van der Waals surface area contributed by atoms with Crippen molar-refractivity contribution in [3.05, 3.63) is 42.1 Å². The molecule has 6 heteroatoms. The van der Waals surface area contributed by atoms with Gasteiger partial charge in [0.2, 0.25) is 0 Å². The van der Waals surface area contributed by atoms with Crippen LogP contribution in [0.15, 0.2) is 36.5 Å². The minimum absolute atomic E-state index is 0.165. The molecule has 1 aromatic carbocycles. The van der Waals surface area contributed by atoms with Crippen LogP contribution in [0.1, 0.15) is 10.4 Å². The van der Waals surface area contributed by atoms with Crippen LogP contribution < -0.4 is 0 Å². The van der Waals surface area contributed by atoms with Gasteiger partial charge in [-0.15, -0.1) is 0 Å². The number of amides is 1. The van der Waals surface area contributed by atoms with Crippen molar-refractivity contribution in [2.75, 3.05) is 13.2 Å². The molecule has 2 aromatic rings. The Morgan fingerprint density at radius 1 is 1.37 bits per heavy atom. The highest BCUT2D eigenvalue weighted by Gasteiger charge is 2.26. The average molecular weight is 259 g/mol. The molecule has 3 rings (SSSR count). The molecule has 1 fully saturated rings. The van der Waals surface area contributed by atoms with E-state index in [9.17, 15) is 9.90 Å². The van der Waals surface area contributed by atoms with Crippen molar-refractivity contribution in [2.45, 2.75) is 6.10 Å². The van der Waals surface area contributed by atoms with Crippen LogP contribution in [0.4, 0.5) is 0 Å². The monoisotopic (exact) mass is 259 g/mol. The highest BCUT2D eigenvalue weighted by Crippen LogP contribution is 2.18. The van der Waals surface area contributed by atoms with E-state index in [1.165, 1.54) is 5.06 Å². The number of aliphatic hydroxyl groups excluding tert-OH is 1. The summed E-state index contributed by atoms with van der Waals surface area (Å²) in [6.45, 7) is 0.374. The minimum atomic E-state index is -0.604. The Hall–Kier alpha value is -2.18. The lowest BCUT2D eigenvalue weighted by atomic mass is 10.1. The first-order valence-electron chi connectivity index (χ1n) is 5.97. The summed E-state index contributed by atoms with van der Waals surface area (Å²) in [5.74, 6) is -0.243. The van der Waals surface area contributed by atoms with Crippen molar-refractivity contribution in [3.63, 3.8) is 0 Å². The fourth-order valence-electron chi connectivity index (χ4n) is 1.97. The molecule has 2 heterocycles. The third kappa shape index (κ3) is 2.35. The molecule has 2 N–H and O–H groups in total. The van der Waals surface area contributed by atoms with Crippen LogP contribution in [0, 0.1) is 0 Å². The molecule has 6 nitrogen and oxygen atoms in total. The summed E-state index contributed by atoms with van der Waals surface area (Å²) >= 11 is 0. The highest BCUT2D eigenvalue weighted by molar-refractivity contribution is 5.94. The molecular weight excluding hydrogens is 246 g/mol. The first-order valence-corrected chi connectivity index (χ1v) is 5.97. The van der Waals surface area contributed by atoms with Crippen LogP contribution in [0.3, 0.4) is 0 Å². The molecule has 1 aromatic heterocycles. The molecule has 0 radical (unpaired) electrons. The second-order valence-corrected chi connectivity index (χ2v) is 4.36. The maximum absolute atomic E-state index is 12.1. The van der Waals surface area contributed by atoms with Crippen molar-refractivity contribution in [2.24, 2.45) is 0 Å². The third-order valence-electron chi connectivity index (χ3n) is 2.97. The summed E-state index contributed by atoms with van der Waals surface area (Å²) in [5.41, 5.74) is 2.38. The number of carbonyl (C=O) groups is 1. The van der Waals surface area contributed by atoms with Crippen LogP contribution in [0.2, 0.25) is 0 Å². The Morgan fingerprint density at radius 3 is 2.74 bits per heavy atom. The van der Waals surface area contributed by atoms with Crippen LogP contribution in [-0.4, -0.2) is 45.5 Å². The highest BCUT2D eigenvalue weighted by atomic mass is 16.7. The molecule has 1 saturated heterocycles. The van der Waals surface area contributed by atoms with Crippen LogP contribution in [-0.2, 0) is 4.84 Å². The van der Waals surface area contributed by atoms with E-state index in [0.29, 0.717) is 5.56 Å². The Kier molecular flexibility index (Phi) is 3.02. The normalized spacial score (nSPS) is 18.8. The van der Waals surface area contributed by atoms with Crippen molar-refractivity contribution in [3.8, 4) is 11.3 Å². The second kappa shape index (κ2) is 4.83. The fourth-order valence-corrected chi connectivity index (χ4v) is 1.97. The summed E-state index contributed by atoms with van der Waals surface area (Å²) in [4.78, 5) is 17.2. The number of carbonyl (C=O) groups excluding carboxylic acids is 1. The van der Waals surface area contributed by atoms with Crippen molar-refractivity contribution < 1.29 is 14.7 Å². The number of hydrogen-bond acceptors (Lipinski definition) is 4. The number of hydroxylamine groups is 2. The van der Waals surface area contributed by atoms with Gasteiger partial charge in [0.15, 0.2) is 0 Å². The zero-order valence-corrected chi connectivity index (χ0v) is 10.1. The third-order valence-corrected chi connectivity index (χ3v) is 2.97. The summed E-state index contributed by atoms with van der Waals surface area (Å²) in [7, 11) is 0. The average Bonchev–Trinajstić information content (AvgIpc) is 3.09. The zero-order valence-electron chi connectivity index (χ0n) is 10.1. The predicted octanol–water partition coefficient (Wildman–Crippen LogP) is 0.825. The van der Waals surface area contributed by atoms with E-state index in [2.05, 4.69) is 10.2 Å². The molecule has 1 aliphatic rings. The molecule has 19 heavy (non-hydrogen) atoms. The van der Waals surface area contributed by atoms with Crippen molar-refractivity contribution in [1.82, 2.24) is 15.3 Å². The molecular formula is C13H13N3O3. The van der Waals surface area contributed by atoms with E-state index in [0.717, 1.165) is 11.3 Å². The standard InChI is InChI=1S/C13H13N3O3/c17-11-7-16(19-8-11)13(18)10-3-1-9(2-4-10)12-5-6-14-15-12/h1-6,11,17H,7-8H2,(H,14,15)/t11-/m1/s1. The number of hydrogen-bond donors (Lipinski definition) is 2. The van der Waals surface area contributed by atoms with Gasteiger partial charge in [-0.3, -0.25) is 14.7 Å². The lowest BCUT2D eigenvalue weighted by Crippen LogP contribution is -2.28. The fraction of sp³-hybridized carbons (Fsp3) is 0.231. The maximum atomic E-state index is 12.1. The van der Waals surface area contributed by atoms with Crippen LogP contribution in [0.5, 0.6) is 0 Å². The summed E-state index contributed by atoms with van der Waals surface area (Å²) in [5, 5.41) is 17.3. The Morgan fingerprint density at radius 2 is 2.16 bits per heavy atom. The summed E-state index contributed by atoms with van der Waals surface area (Å²) in [6.07, 6.45) is 1.07. The molecule has 0 saturated carbocycles. The van der Waals surface area contributed by atoms with Crippen LogP contribution >= 0.6 is 0 Å². The zero-order chi connectivity index (χ0) is 13.2. The van der Waals surface area contributed by atoms with E-state index < -0.39 is 6.10 Å². The van der Waals surface area contributed by atoms with Crippen molar-refractivity contribution >= 4 is 5.91 Å².